The molecule has 1 amide bonds. The number of aliphatic hydroxyl groups excluding tert-OH is 2. The molecule has 2 fully saturated rings. The average molecular weight is 295 g/mol. The zero-order valence-electron chi connectivity index (χ0n) is 11.9. The van der Waals surface area contributed by atoms with Crippen LogP contribution in [0, 0.1) is 0 Å². The topological polar surface area (TPSA) is 94.7 Å². The van der Waals surface area contributed by atoms with Crippen molar-refractivity contribution in [3.8, 4) is 0 Å². The zero-order valence-corrected chi connectivity index (χ0v) is 11.9. The highest BCUT2D eigenvalue weighted by molar-refractivity contribution is 5.76. The van der Waals surface area contributed by atoms with Gasteiger partial charge in [-0.15, -0.1) is 5.10 Å². The quantitative estimate of drug-likeness (QED) is 0.697. The molecule has 8 heteroatoms. The molecule has 3 heterocycles. The van der Waals surface area contributed by atoms with Gasteiger partial charge in [0.2, 0.25) is 5.91 Å². The number of β-amino-alcohol motifs (C(OH)–C–C–N with tert-alkyl or cyclic N) is 1. The van der Waals surface area contributed by atoms with Crippen LogP contribution in [0.2, 0.25) is 0 Å². The fourth-order valence-electron chi connectivity index (χ4n) is 3.13. The molecule has 116 valence electrons. The van der Waals surface area contributed by atoms with E-state index in [-0.39, 0.29) is 25.1 Å². The maximum absolute atomic E-state index is 12.3. The van der Waals surface area contributed by atoms with Crippen LogP contribution in [0.25, 0.3) is 0 Å². The highest BCUT2D eigenvalue weighted by Gasteiger charge is 2.38. The van der Waals surface area contributed by atoms with Gasteiger partial charge >= 0.3 is 0 Å². The van der Waals surface area contributed by atoms with Crippen LogP contribution in [-0.4, -0.2) is 79.2 Å². The van der Waals surface area contributed by atoms with Crippen molar-refractivity contribution in [2.24, 2.45) is 0 Å². The van der Waals surface area contributed by atoms with Crippen molar-refractivity contribution >= 4 is 5.91 Å². The normalized spacial score (nSPS) is 26.7. The first kappa shape index (κ1) is 14.4. The first-order chi connectivity index (χ1) is 10.2. The molecule has 2 aliphatic rings. The van der Waals surface area contributed by atoms with Crippen LogP contribution in [0.15, 0.2) is 6.20 Å². The van der Waals surface area contributed by atoms with Crippen LogP contribution in [-0.2, 0) is 17.9 Å². The molecule has 0 aliphatic carbocycles. The lowest BCUT2D eigenvalue weighted by Gasteiger charge is -2.25. The molecular formula is C13H21N5O3. The van der Waals surface area contributed by atoms with Crippen molar-refractivity contribution < 1.29 is 15.0 Å². The Morgan fingerprint density at radius 2 is 2.10 bits per heavy atom. The van der Waals surface area contributed by atoms with Gasteiger partial charge in [-0.05, 0) is 25.9 Å². The standard InChI is InChI=1S/C13H21N5O3/c19-9-10-5-18(15-14-10)8-13(21)17-6-11(12(20)7-17)16-3-1-2-4-16/h5,11-12,19-20H,1-4,6-9H2/t11-,12-/m1/s1. The van der Waals surface area contributed by atoms with Crippen LogP contribution in [0.3, 0.4) is 0 Å². The number of aromatic nitrogens is 3. The van der Waals surface area contributed by atoms with E-state index in [1.54, 1.807) is 11.1 Å². The van der Waals surface area contributed by atoms with E-state index < -0.39 is 6.10 Å². The third-order valence-electron chi connectivity index (χ3n) is 4.27. The van der Waals surface area contributed by atoms with E-state index in [1.165, 1.54) is 17.5 Å². The maximum Gasteiger partial charge on any atom is 0.244 e. The minimum atomic E-state index is -0.476. The van der Waals surface area contributed by atoms with Gasteiger partial charge < -0.3 is 15.1 Å². The molecule has 21 heavy (non-hydrogen) atoms. The summed E-state index contributed by atoms with van der Waals surface area (Å²) in [7, 11) is 0. The van der Waals surface area contributed by atoms with Crippen molar-refractivity contribution in [1.82, 2.24) is 24.8 Å². The van der Waals surface area contributed by atoms with Gasteiger partial charge in [0.05, 0.1) is 24.9 Å². The maximum atomic E-state index is 12.3. The number of likely N-dealkylation sites (tertiary alicyclic amines) is 2. The minimum absolute atomic E-state index is 0.0557. The summed E-state index contributed by atoms with van der Waals surface area (Å²) in [6.07, 6.45) is 3.42. The summed E-state index contributed by atoms with van der Waals surface area (Å²) in [6.45, 7) is 2.86. The summed E-state index contributed by atoms with van der Waals surface area (Å²) in [6, 6.07) is 0.0557. The van der Waals surface area contributed by atoms with Crippen LogP contribution >= 0.6 is 0 Å². The number of rotatable bonds is 4. The number of aliphatic hydroxyl groups is 2. The van der Waals surface area contributed by atoms with Crippen molar-refractivity contribution in [2.45, 2.75) is 38.1 Å². The van der Waals surface area contributed by atoms with Crippen LogP contribution in [0.4, 0.5) is 0 Å². The second kappa shape index (κ2) is 6.08. The monoisotopic (exact) mass is 295 g/mol. The molecule has 3 rings (SSSR count). The second-order valence-electron chi connectivity index (χ2n) is 5.74. The molecule has 2 aliphatic heterocycles. The zero-order chi connectivity index (χ0) is 14.8. The van der Waals surface area contributed by atoms with Crippen LogP contribution < -0.4 is 0 Å². The molecule has 1 aromatic rings. The van der Waals surface area contributed by atoms with Crippen molar-refractivity contribution in [3.05, 3.63) is 11.9 Å². The largest absolute Gasteiger partial charge is 0.390 e. The smallest absolute Gasteiger partial charge is 0.244 e. The molecule has 1 aromatic heterocycles. The van der Waals surface area contributed by atoms with Gasteiger partial charge in [-0.25, -0.2) is 4.68 Å². The lowest BCUT2D eigenvalue weighted by molar-refractivity contribution is -0.131. The lowest BCUT2D eigenvalue weighted by Crippen LogP contribution is -2.41. The average Bonchev–Trinajstić information content (AvgIpc) is 3.17. The lowest BCUT2D eigenvalue weighted by atomic mass is 10.2. The van der Waals surface area contributed by atoms with Crippen molar-refractivity contribution in [2.75, 3.05) is 26.2 Å². The van der Waals surface area contributed by atoms with Gasteiger partial charge in [-0.1, -0.05) is 5.21 Å². The second-order valence-corrected chi connectivity index (χ2v) is 5.74. The number of carbonyl (C=O) groups is 1. The van der Waals surface area contributed by atoms with Gasteiger partial charge in [-0.2, -0.15) is 0 Å². The van der Waals surface area contributed by atoms with Crippen LogP contribution in [0.1, 0.15) is 18.5 Å². The first-order valence-corrected chi connectivity index (χ1v) is 7.37. The summed E-state index contributed by atoms with van der Waals surface area (Å²) in [5, 5.41) is 26.7. The fraction of sp³-hybridized carbons (Fsp3) is 0.769. The first-order valence-electron chi connectivity index (χ1n) is 7.37. The van der Waals surface area contributed by atoms with Gasteiger partial charge in [0.15, 0.2) is 0 Å². The van der Waals surface area contributed by atoms with E-state index in [4.69, 9.17) is 5.11 Å². The highest BCUT2D eigenvalue weighted by atomic mass is 16.3. The SMILES string of the molecule is O=C(Cn1cc(CO)nn1)N1C[C@@H](O)[C@H](N2CCCC2)C1. The molecule has 0 unspecified atom stereocenters. The Balaban J connectivity index is 1.58. The molecule has 0 radical (unpaired) electrons. The van der Waals surface area contributed by atoms with E-state index in [2.05, 4.69) is 15.2 Å². The van der Waals surface area contributed by atoms with E-state index in [0.29, 0.717) is 18.8 Å². The number of amides is 1. The molecule has 0 bridgehead atoms. The third kappa shape index (κ3) is 3.07. The van der Waals surface area contributed by atoms with E-state index >= 15 is 0 Å². The van der Waals surface area contributed by atoms with Gasteiger partial charge in [0.1, 0.15) is 12.2 Å². The third-order valence-corrected chi connectivity index (χ3v) is 4.27. The summed E-state index contributed by atoms with van der Waals surface area (Å²) in [5.41, 5.74) is 0.444. The molecule has 2 atom stereocenters. The molecule has 0 saturated carbocycles. The summed E-state index contributed by atoms with van der Waals surface area (Å²) < 4.78 is 1.42. The Kier molecular flexibility index (Phi) is 4.18. The molecule has 0 spiro atoms. The molecule has 2 N–H and O–H groups in total. The van der Waals surface area contributed by atoms with Crippen LogP contribution in [0.5, 0.6) is 0 Å². The number of carbonyl (C=O) groups excluding carboxylic acids is 1. The highest BCUT2D eigenvalue weighted by Crippen LogP contribution is 2.21. The summed E-state index contributed by atoms with van der Waals surface area (Å²) >= 11 is 0. The van der Waals surface area contributed by atoms with Gasteiger partial charge in [0.25, 0.3) is 0 Å². The number of hydrogen-bond acceptors (Lipinski definition) is 6. The molecular weight excluding hydrogens is 274 g/mol. The Morgan fingerprint density at radius 3 is 2.76 bits per heavy atom. The Morgan fingerprint density at radius 1 is 1.33 bits per heavy atom. The number of hydrogen-bond donors (Lipinski definition) is 2. The minimum Gasteiger partial charge on any atom is -0.390 e. The summed E-state index contributed by atoms with van der Waals surface area (Å²) in [4.78, 5) is 16.2. The predicted molar refractivity (Wildman–Crippen MR) is 73.1 cm³/mol. The fourth-order valence-corrected chi connectivity index (χ4v) is 3.13. The predicted octanol–water partition coefficient (Wildman–Crippen LogP) is -1.56. The van der Waals surface area contributed by atoms with E-state index in [0.717, 1.165) is 13.1 Å². The van der Waals surface area contributed by atoms with Crippen molar-refractivity contribution in [3.63, 3.8) is 0 Å². The Bertz CT molecular complexity index is 500. The summed E-state index contributed by atoms with van der Waals surface area (Å²) in [5.74, 6) is -0.0786. The van der Waals surface area contributed by atoms with Gasteiger partial charge in [-0.3, -0.25) is 9.69 Å². The molecule has 2 saturated heterocycles. The molecule has 8 nitrogen and oxygen atoms in total. The van der Waals surface area contributed by atoms with E-state index in [9.17, 15) is 9.90 Å². The van der Waals surface area contributed by atoms with Crippen molar-refractivity contribution in [1.29, 1.82) is 0 Å². The Labute approximate surface area is 122 Å². The number of nitrogens with zero attached hydrogens (tertiary/aromatic N) is 5. The molecule has 0 aromatic carbocycles. The van der Waals surface area contributed by atoms with Gasteiger partial charge in [0, 0.05) is 13.1 Å². The van der Waals surface area contributed by atoms with E-state index in [1.807, 2.05) is 0 Å². The Hall–Kier alpha value is -1.51.